The molecule has 31 heavy (non-hydrogen) atoms. The van der Waals surface area contributed by atoms with Crippen molar-refractivity contribution in [3.63, 3.8) is 0 Å². The number of likely N-dealkylation sites (tertiary alicyclic amines) is 1. The number of benzene rings is 2. The molecule has 0 saturated carbocycles. The fourth-order valence-corrected chi connectivity index (χ4v) is 3.97. The van der Waals surface area contributed by atoms with Crippen LogP contribution >= 0.6 is 0 Å². The fraction of sp³-hybridized carbons (Fsp3) is 0.440. The van der Waals surface area contributed by atoms with Crippen molar-refractivity contribution >= 4 is 17.6 Å². The first-order chi connectivity index (χ1) is 15.1. The number of carbonyl (C=O) groups excluding carboxylic acids is 2. The lowest BCUT2D eigenvalue weighted by molar-refractivity contribution is -0.126. The zero-order valence-electron chi connectivity index (χ0n) is 18.6. The first-order valence-electron chi connectivity index (χ1n) is 11.3. The Morgan fingerprint density at radius 2 is 1.55 bits per heavy atom. The minimum absolute atomic E-state index is 0.0456. The minimum atomic E-state index is -0.101. The van der Waals surface area contributed by atoms with Gasteiger partial charge in [0.2, 0.25) is 5.91 Å². The Kier molecular flexibility index (Phi) is 8.47. The number of para-hydroxylation sites is 1. The van der Waals surface area contributed by atoms with E-state index in [0.717, 1.165) is 25.3 Å². The van der Waals surface area contributed by atoms with Crippen LogP contribution in [0.25, 0.3) is 0 Å². The molecule has 2 aromatic carbocycles. The molecule has 6 heteroatoms. The first kappa shape index (κ1) is 22.8. The summed E-state index contributed by atoms with van der Waals surface area (Å²) in [5.74, 6) is 0.0384. The molecule has 166 valence electrons. The second-order valence-corrected chi connectivity index (χ2v) is 8.01. The van der Waals surface area contributed by atoms with Crippen molar-refractivity contribution in [2.45, 2.75) is 39.8 Å². The number of amides is 3. The zero-order chi connectivity index (χ0) is 22.1. The summed E-state index contributed by atoms with van der Waals surface area (Å²) in [5.41, 5.74) is 3.22. The molecule has 0 unspecified atom stereocenters. The van der Waals surface area contributed by atoms with Crippen LogP contribution in [0.1, 0.15) is 37.8 Å². The normalized spacial score (nSPS) is 14.5. The van der Waals surface area contributed by atoms with Crippen molar-refractivity contribution < 1.29 is 9.59 Å². The molecule has 0 aromatic heterocycles. The van der Waals surface area contributed by atoms with Gasteiger partial charge in [-0.1, -0.05) is 56.3 Å². The molecular weight excluding hydrogens is 388 g/mol. The number of carbonyl (C=O) groups is 2. The van der Waals surface area contributed by atoms with Crippen LogP contribution in [0.2, 0.25) is 0 Å². The van der Waals surface area contributed by atoms with Crippen LogP contribution in [0.15, 0.2) is 54.6 Å². The highest BCUT2D eigenvalue weighted by Gasteiger charge is 2.27. The van der Waals surface area contributed by atoms with Gasteiger partial charge in [0.1, 0.15) is 0 Å². The summed E-state index contributed by atoms with van der Waals surface area (Å²) in [6.45, 7) is 8.98. The number of hydrogen-bond donors (Lipinski definition) is 2. The van der Waals surface area contributed by atoms with E-state index in [2.05, 4.69) is 47.6 Å². The summed E-state index contributed by atoms with van der Waals surface area (Å²) >= 11 is 0. The van der Waals surface area contributed by atoms with Crippen molar-refractivity contribution in [2.75, 3.05) is 31.5 Å². The van der Waals surface area contributed by atoms with Crippen molar-refractivity contribution in [2.24, 2.45) is 5.92 Å². The van der Waals surface area contributed by atoms with E-state index in [4.69, 9.17) is 0 Å². The van der Waals surface area contributed by atoms with Gasteiger partial charge in [0.15, 0.2) is 0 Å². The van der Waals surface area contributed by atoms with Crippen LogP contribution < -0.4 is 10.6 Å². The maximum atomic E-state index is 12.7. The molecule has 1 heterocycles. The topological polar surface area (TPSA) is 64.7 Å². The molecular formula is C25H34N4O2. The Morgan fingerprint density at radius 1 is 0.935 bits per heavy atom. The minimum Gasteiger partial charge on any atom is -0.352 e. The van der Waals surface area contributed by atoms with Gasteiger partial charge in [-0.15, -0.1) is 0 Å². The lowest BCUT2D eigenvalue weighted by Gasteiger charge is -2.31. The smallest absolute Gasteiger partial charge is 0.321 e. The van der Waals surface area contributed by atoms with Crippen LogP contribution in [-0.2, 0) is 17.9 Å². The number of anilines is 1. The molecule has 1 saturated heterocycles. The second-order valence-electron chi connectivity index (χ2n) is 8.01. The third-order valence-corrected chi connectivity index (χ3v) is 6.04. The van der Waals surface area contributed by atoms with Crippen LogP contribution in [0.4, 0.5) is 10.5 Å². The van der Waals surface area contributed by atoms with Gasteiger partial charge in [-0.2, -0.15) is 0 Å². The van der Waals surface area contributed by atoms with Gasteiger partial charge in [0.25, 0.3) is 0 Å². The van der Waals surface area contributed by atoms with Crippen molar-refractivity contribution in [3.05, 3.63) is 65.7 Å². The number of nitrogens with one attached hydrogen (secondary N) is 2. The third-order valence-electron chi connectivity index (χ3n) is 6.04. The number of nitrogens with zero attached hydrogens (tertiary/aromatic N) is 2. The first-order valence-corrected chi connectivity index (χ1v) is 11.3. The molecule has 0 radical (unpaired) electrons. The average Bonchev–Trinajstić information content (AvgIpc) is 2.82. The Labute approximate surface area is 185 Å². The van der Waals surface area contributed by atoms with E-state index in [0.29, 0.717) is 32.5 Å². The largest absolute Gasteiger partial charge is 0.352 e. The predicted molar refractivity (Wildman–Crippen MR) is 125 cm³/mol. The highest BCUT2D eigenvalue weighted by Crippen LogP contribution is 2.19. The molecule has 1 aliphatic rings. The number of hydrogen-bond acceptors (Lipinski definition) is 3. The van der Waals surface area contributed by atoms with Gasteiger partial charge < -0.3 is 15.5 Å². The van der Waals surface area contributed by atoms with Crippen LogP contribution in [-0.4, -0.2) is 47.9 Å². The van der Waals surface area contributed by atoms with Gasteiger partial charge in [-0.05, 0) is 49.2 Å². The summed E-state index contributed by atoms with van der Waals surface area (Å²) in [7, 11) is 0. The summed E-state index contributed by atoms with van der Waals surface area (Å²) in [6.07, 6.45) is 1.38. The van der Waals surface area contributed by atoms with E-state index in [-0.39, 0.29) is 17.9 Å². The zero-order valence-corrected chi connectivity index (χ0v) is 18.6. The maximum Gasteiger partial charge on any atom is 0.321 e. The molecule has 1 fully saturated rings. The molecule has 3 amide bonds. The Morgan fingerprint density at radius 3 is 2.19 bits per heavy atom. The summed E-state index contributed by atoms with van der Waals surface area (Å²) < 4.78 is 0. The summed E-state index contributed by atoms with van der Waals surface area (Å²) in [6, 6.07) is 17.7. The second kappa shape index (κ2) is 11.5. The lowest BCUT2D eigenvalue weighted by Crippen LogP contribution is -2.44. The van der Waals surface area contributed by atoms with Gasteiger partial charge >= 0.3 is 6.03 Å². The molecule has 0 bridgehead atoms. The van der Waals surface area contributed by atoms with Gasteiger partial charge in [0.05, 0.1) is 0 Å². The van der Waals surface area contributed by atoms with E-state index in [1.54, 1.807) is 4.90 Å². The van der Waals surface area contributed by atoms with Gasteiger partial charge in [-0.25, -0.2) is 4.79 Å². The Balaban J connectivity index is 1.47. The third kappa shape index (κ3) is 6.56. The van der Waals surface area contributed by atoms with Crippen LogP contribution in [0.3, 0.4) is 0 Å². The maximum absolute atomic E-state index is 12.7. The number of piperidine rings is 1. The van der Waals surface area contributed by atoms with Crippen molar-refractivity contribution in [3.8, 4) is 0 Å². The monoisotopic (exact) mass is 422 g/mol. The summed E-state index contributed by atoms with van der Waals surface area (Å²) in [5, 5.41) is 6.04. The average molecular weight is 423 g/mol. The highest BCUT2D eigenvalue weighted by atomic mass is 16.2. The lowest BCUT2D eigenvalue weighted by atomic mass is 9.96. The van der Waals surface area contributed by atoms with Crippen LogP contribution in [0.5, 0.6) is 0 Å². The van der Waals surface area contributed by atoms with Crippen LogP contribution in [0, 0.1) is 5.92 Å². The van der Waals surface area contributed by atoms with E-state index in [1.165, 1.54) is 11.1 Å². The highest BCUT2D eigenvalue weighted by molar-refractivity contribution is 5.89. The number of urea groups is 1. The molecule has 0 aliphatic carbocycles. The van der Waals surface area contributed by atoms with Crippen molar-refractivity contribution in [1.29, 1.82) is 0 Å². The van der Waals surface area contributed by atoms with E-state index in [1.807, 2.05) is 36.4 Å². The molecule has 3 rings (SSSR count). The van der Waals surface area contributed by atoms with E-state index >= 15 is 0 Å². The van der Waals surface area contributed by atoms with Gasteiger partial charge in [-0.3, -0.25) is 9.69 Å². The standard InChI is InChI=1S/C25H34N4O2/c1-3-28(4-2)19-22-11-9-8-10-21(22)18-26-24(30)20-14-16-29(17-15-20)25(31)27-23-12-6-5-7-13-23/h5-13,20H,3-4,14-19H2,1-2H3,(H,26,30)(H,27,31). The molecule has 0 spiro atoms. The SMILES string of the molecule is CCN(CC)Cc1ccccc1CNC(=O)C1CCN(C(=O)Nc2ccccc2)CC1. The van der Waals surface area contributed by atoms with Crippen molar-refractivity contribution in [1.82, 2.24) is 15.1 Å². The van der Waals surface area contributed by atoms with Gasteiger partial charge in [0, 0.05) is 37.8 Å². The molecule has 2 N–H and O–H groups in total. The molecule has 6 nitrogen and oxygen atoms in total. The predicted octanol–water partition coefficient (Wildman–Crippen LogP) is 4.09. The van der Waals surface area contributed by atoms with E-state index < -0.39 is 0 Å². The quantitative estimate of drug-likeness (QED) is 0.673. The Hall–Kier alpha value is -2.86. The Bertz CT molecular complexity index is 844. The number of rotatable bonds is 8. The molecule has 2 aromatic rings. The summed E-state index contributed by atoms with van der Waals surface area (Å²) in [4.78, 5) is 29.3. The fourth-order valence-electron chi connectivity index (χ4n) is 3.97. The molecule has 0 atom stereocenters. The van der Waals surface area contributed by atoms with E-state index in [9.17, 15) is 9.59 Å². The molecule has 1 aliphatic heterocycles.